The van der Waals surface area contributed by atoms with E-state index in [2.05, 4.69) is 36.3 Å². The second kappa shape index (κ2) is 6.29. The molecule has 3 heterocycles. The van der Waals surface area contributed by atoms with Crippen molar-refractivity contribution in [1.82, 2.24) is 25.2 Å². The number of hydrogen-bond donors (Lipinski definition) is 0. The van der Waals surface area contributed by atoms with Crippen LogP contribution < -0.4 is 0 Å². The van der Waals surface area contributed by atoms with Crippen LogP contribution in [0.5, 0.6) is 0 Å². The first-order valence-corrected chi connectivity index (χ1v) is 8.90. The summed E-state index contributed by atoms with van der Waals surface area (Å²) in [6.07, 6.45) is 0. The van der Waals surface area contributed by atoms with Gasteiger partial charge in [0.2, 0.25) is 11.7 Å². The fourth-order valence-corrected chi connectivity index (χ4v) is 3.15. The Bertz CT molecular complexity index is 959. The van der Waals surface area contributed by atoms with Gasteiger partial charge in [0.05, 0.1) is 4.88 Å². The average molecular weight is 402 g/mol. The molecule has 1 aromatic carbocycles. The van der Waals surface area contributed by atoms with Crippen molar-refractivity contribution in [2.45, 2.75) is 13.5 Å². The molecule has 0 fully saturated rings. The fourth-order valence-electron chi connectivity index (χ4n) is 2.24. The molecule has 0 amide bonds. The number of oxazole rings is 1. The highest BCUT2D eigenvalue weighted by Crippen LogP contribution is 2.26. The predicted octanol–water partition coefficient (Wildman–Crippen LogP) is 4.18. The number of halogens is 1. The van der Waals surface area contributed by atoms with Gasteiger partial charge in [-0.25, -0.2) is 4.98 Å². The lowest BCUT2D eigenvalue weighted by atomic mass is 10.2. The number of hydrogen-bond acceptors (Lipinski definition) is 6. The molecule has 0 bridgehead atoms. The maximum Gasteiger partial charge on any atom is 0.236 e. The molecule has 0 spiro atoms. The Morgan fingerprint density at radius 1 is 1.21 bits per heavy atom. The molecule has 0 N–H and O–H groups in total. The van der Waals surface area contributed by atoms with Gasteiger partial charge in [-0.3, -0.25) is 0 Å². The molecule has 120 valence electrons. The normalized spacial score (nSPS) is 11.1. The standard InChI is InChI=1S/C16H12BrN5OS/c1-10-13(18-16(23-10)14-3-2-8-24-14)9-22-20-15(19-21-22)11-4-6-12(17)7-5-11/h2-8H,9H2,1H3. The van der Waals surface area contributed by atoms with E-state index in [1.54, 1.807) is 11.3 Å². The Morgan fingerprint density at radius 2 is 2.04 bits per heavy atom. The molecule has 24 heavy (non-hydrogen) atoms. The van der Waals surface area contributed by atoms with Gasteiger partial charge in [0.15, 0.2) is 0 Å². The van der Waals surface area contributed by atoms with Gasteiger partial charge >= 0.3 is 0 Å². The van der Waals surface area contributed by atoms with Crippen molar-refractivity contribution in [1.29, 1.82) is 0 Å². The smallest absolute Gasteiger partial charge is 0.236 e. The molecule has 0 radical (unpaired) electrons. The van der Waals surface area contributed by atoms with E-state index in [-0.39, 0.29) is 0 Å². The number of nitrogens with zero attached hydrogens (tertiary/aromatic N) is 5. The molecule has 0 saturated carbocycles. The largest absolute Gasteiger partial charge is 0.440 e. The molecule has 4 aromatic rings. The number of tetrazole rings is 1. The van der Waals surface area contributed by atoms with Crippen molar-refractivity contribution >= 4 is 27.3 Å². The Kier molecular flexibility index (Phi) is 3.99. The lowest BCUT2D eigenvalue weighted by molar-refractivity contribution is 0.526. The predicted molar refractivity (Wildman–Crippen MR) is 94.6 cm³/mol. The summed E-state index contributed by atoms with van der Waals surface area (Å²) in [5.41, 5.74) is 1.72. The summed E-state index contributed by atoms with van der Waals surface area (Å²) in [5, 5.41) is 14.6. The molecule has 4 rings (SSSR count). The molecule has 3 aromatic heterocycles. The van der Waals surface area contributed by atoms with E-state index >= 15 is 0 Å². The second-order valence-corrected chi connectivity index (χ2v) is 7.01. The summed E-state index contributed by atoms with van der Waals surface area (Å²) in [6.45, 7) is 2.32. The van der Waals surface area contributed by atoms with E-state index in [1.807, 2.05) is 48.7 Å². The van der Waals surface area contributed by atoms with E-state index in [9.17, 15) is 0 Å². The number of aromatic nitrogens is 5. The highest BCUT2D eigenvalue weighted by Gasteiger charge is 2.14. The van der Waals surface area contributed by atoms with Crippen LogP contribution in [-0.4, -0.2) is 25.2 Å². The zero-order chi connectivity index (χ0) is 16.5. The molecule has 6 nitrogen and oxygen atoms in total. The monoisotopic (exact) mass is 401 g/mol. The SMILES string of the molecule is Cc1oc(-c2cccs2)nc1Cn1nnc(-c2ccc(Br)cc2)n1. The Morgan fingerprint density at radius 3 is 2.79 bits per heavy atom. The Labute approximate surface area is 150 Å². The minimum absolute atomic E-state index is 0.421. The highest BCUT2D eigenvalue weighted by atomic mass is 79.9. The summed E-state index contributed by atoms with van der Waals surface area (Å²) < 4.78 is 6.75. The van der Waals surface area contributed by atoms with Crippen LogP contribution in [0.3, 0.4) is 0 Å². The third kappa shape index (κ3) is 3.02. The van der Waals surface area contributed by atoms with Crippen molar-refractivity contribution in [3.05, 3.63) is 57.7 Å². The van der Waals surface area contributed by atoms with Crippen LogP contribution in [0.15, 0.2) is 50.7 Å². The van der Waals surface area contributed by atoms with E-state index in [1.165, 1.54) is 4.80 Å². The minimum atomic E-state index is 0.421. The molecule has 0 saturated heterocycles. The number of benzene rings is 1. The zero-order valence-corrected chi connectivity index (χ0v) is 15.1. The summed E-state index contributed by atoms with van der Waals surface area (Å²) in [5.74, 6) is 1.98. The van der Waals surface area contributed by atoms with Gasteiger partial charge < -0.3 is 4.42 Å². The fraction of sp³-hybridized carbons (Fsp3) is 0.125. The summed E-state index contributed by atoms with van der Waals surface area (Å²) >= 11 is 5.01. The van der Waals surface area contributed by atoms with Crippen molar-refractivity contribution in [3.8, 4) is 22.2 Å². The minimum Gasteiger partial charge on any atom is -0.440 e. The topological polar surface area (TPSA) is 69.6 Å². The summed E-state index contributed by atoms with van der Waals surface area (Å²) in [6, 6.07) is 11.8. The van der Waals surface area contributed by atoms with Gasteiger partial charge in [0.25, 0.3) is 0 Å². The van der Waals surface area contributed by atoms with Crippen LogP contribution in [0.25, 0.3) is 22.2 Å². The second-order valence-electron chi connectivity index (χ2n) is 5.15. The quantitative estimate of drug-likeness (QED) is 0.512. The number of rotatable bonds is 4. The zero-order valence-electron chi connectivity index (χ0n) is 12.7. The van der Waals surface area contributed by atoms with Crippen LogP contribution >= 0.6 is 27.3 Å². The van der Waals surface area contributed by atoms with Gasteiger partial charge in [0.1, 0.15) is 18.0 Å². The Hall–Kier alpha value is -2.32. The summed E-state index contributed by atoms with van der Waals surface area (Å²) in [4.78, 5) is 7.08. The first kappa shape index (κ1) is 15.2. The first-order chi connectivity index (χ1) is 11.7. The lowest BCUT2D eigenvalue weighted by Crippen LogP contribution is -2.05. The molecular formula is C16H12BrN5OS. The molecule has 0 aliphatic heterocycles. The van der Waals surface area contributed by atoms with Crippen molar-refractivity contribution < 1.29 is 4.42 Å². The first-order valence-electron chi connectivity index (χ1n) is 7.23. The van der Waals surface area contributed by atoms with E-state index in [0.29, 0.717) is 18.3 Å². The summed E-state index contributed by atoms with van der Waals surface area (Å²) in [7, 11) is 0. The van der Waals surface area contributed by atoms with Gasteiger partial charge in [-0.05, 0) is 47.8 Å². The van der Waals surface area contributed by atoms with Crippen LogP contribution in [0.1, 0.15) is 11.5 Å². The van der Waals surface area contributed by atoms with Crippen LogP contribution in [0, 0.1) is 6.92 Å². The van der Waals surface area contributed by atoms with Gasteiger partial charge in [-0.2, -0.15) is 4.80 Å². The Balaban J connectivity index is 1.57. The van der Waals surface area contributed by atoms with Gasteiger partial charge in [0, 0.05) is 10.0 Å². The van der Waals surface area contributed by atoms with Crippen molar-refractivity contribution in [2.24, 2.45) is 0 Å². The van der Waals surface area contributed by atoms with Crippen molar-refractivity contribution in [3.63, 3.8) is 0 Å². The average Bonchev–Trinajstić information content (AvgIpc) is 3.31. The molecule has 0 aliphatic carbocycles. The molecule has 8 heteroatoms. The van der Waals surface area contributed by atoms with E-state index in [4.69, 9.17) is 4.42 Å². The van der Waals surface area contributed by atoms with E-state index < -0.39 is 0 Å². The molecule has 0 unspecified atom stereocenters. The third-order valence-electron chi connectivity index (χ3n) is 3.47. The van der Waals surface area contributed by atoms with Crippen molar-refractivity contribution in [2.75, 3.05) is 0 Å². The maximum atomic E-state index is 5.74. The molecule has 0 aliphatic rings. The number of aryl methyl sites for hydroxylation is 1. The van der Waals surface area contributed by atoms with Crippen LogP contribution in [0.4, 0.5) is 0 Å². The number of thiophene rings is 1. The van der Waals surface area contributed by atoms with Gasteiger partial charge in [-0.15, -0.1) is 21.5 Å². The molecule has 0 atom stereocenters. The third-order valence-corrected chi connectivity index (χ3v) is 4.86. The lowest BCUT2D eigenvalue weighted by Gasteiger charge is -1.96. The van der Waals surface area contributed by atoms with Crippen LogP contribution in [-0.2, 0) is 6.54 Å². The molecular weight excluding hydrogens is 390 g/mol. The van der Waals surface area contributed by atoms with Gasteiger partial charge in [-0.1, -0.05) is 22.0 Å². The maximum absolute atomic E-state index is 5.74. The highest BCUT2D eigenvalue weighted by molar-refractivity contribution is 9.10. The van der Waals surface area contributed by atoms with Crippen LogP contribution in [0.2, 0.25) is 0 Å². The van der Waals surface area contributed by atoms with E-state index in [0.717, 1.165) is 26.4 Å².